The number of nitrogens with zero attached hydrogens (tertiary/aromatic N) is 1. The number of rotatable bonds is 6. The van der Waals surface area contributed by atoms with Crippen molar-refractivity contribution in [1.82, 2.24) is 4.72 Å². The van der Waals surface area contributed by atoms with E-state index in [1.54, 1.807) is 18.2 Å². The molecule has 160 valence electrons. The van der Waals surface area contributed by atoms with Gasteiger partial charge in [0.1, 0.15) is 17.6 Å². The minimum atomic E-state index is -3.70. The fourth-order valence-corrected chi connectivity index (χ4v) is 4.59. The molecule has 10 nitrogen and oxygen atoms in total. The van der Waals surface area contributed by atoms with Crippen LogP contribution in [-0.4, -0.2) is 48.0 Å². The maximum atomic E-state index is 12.5. The molecule has 1 amide bonds. The molecule has 0 aromatic heterocycles. The third-order valence-corrected chi connectivity index (χ3v) is 6.12. The average Bonchev–Trinajstić information content (AvgIpc) is 2.92. The van der Waals surface area contributed by atoms with Crippen molar-refractivity contribution in [3.63, 3.8) is 0 Å². The Morgan fingerprint density at radius 3 is 2.57 bits per heavy atom. The van der Waals surface area contributed by atoms with Gasteiger partial charge in [-0.05, 0) is 31.2 Å². The molecule has 2 aromatic rings. The standard InChI is InChI=1S/C18H20N4O6S2/c1-11(19-17-13-6-4-5-7-16(13)30(26,27)22-17)18(23)20-12-8-9-14(15(10-12)28-2)21-29(3,24)25/h4-11,21H,1-3H3,(H,19,22)(H,20,23)/t11-/m0/s1. The highest BCUT2D eigenvalue weighted by molar-refractivity contribution is 7.92. The largest absolute Gasteiger partial charge is 0.494 e. The van der Waals surface area contributed by atoms with Gasteiger partial charge in [0.05, 0.1) is 23.9 Å². The number of hydrogen-bond donors (Lipinski definition) is 3. The molecule has 0 aliphatic carbocycles. The lowest BCUT2D eigenvalue weighted by molar-refractivity contribution is -0.117. The molecule has 30 heavy (non-hydrogen) atoms. The van der Waals surface area contributed by atoms with Crippen molar-refractivity contribution in [2.45, 2.75) is 17.9 Å². The van der Waals surface area contributed by atoms with Crippen LogP contribution in [0.4, 0.5) is 11.4 Å². The van der Waals surface area contributed by atoms with Gasteiger partial charge in [-0.15, -0.1) is 0 Å². The van der Waals surface area contributed by atoms with Gasteiger partial charge in [0.15, 0.2) is 0 Å². The monoisotopic (exact) mass is 452 g/mol. The highest BCUT2D eigenvalue weighted by atomic mass is 32.2. The topological polar surface area (TPSA) is 143 Å². The van der Waals surface area contributed by atoms with Crippen LogP contribution in [0.3, 0.4) is 0 Å². The summed E-state index contributed by atoms with van der Waals surface area (Å²) in [6, 6.07) is 9.85. The van der Waals surface area contributed by atoms with E-state index in [0.717, 1.165) is 6.26 Å². The van der Waals surface area contributed by atoms with Crippen LogP contribution in [0.2, 0.25) is 0 Å². The van der Waals surface area contributed by atoms with Gasteiger partial charge in [0.25, 0.3) is 10.0 Å². The SMILES string of the molecule is COc1cc(NC(=O)[C@H](C)N=C2NS(=O)(=O)c3ccccc32)ccc1NS(C)(=O)=O. The second-order valence-corrected chi connectivity index (χ2v) is 9.93. The van der Waals surface area contributed by atoms with Gasteiger partial charge in [-0.2, -0.15) is 0 Å². The molecule has 0 saturated heterocycles. The van der Waals surface area contributed by atoms with E-state index in [4.69, 9.17) is 4.74 Å². The Morgan fingerprint density at radius 2 is 1.90 bits per heavy atom. The van der Waals surface area contributed by atoms with E-state index in [2.05, 4.69) is 19.8 Å². The smallest absolute Gasteiger partial charge is 0.263 e. The molecule has 1 atom stereocenters. The van der Waals surface area contributed by atoms with E-state index >= 15 is 0 Å². The first-order valence-electron chi connectivity index (χ1n) is 8.67. The van der Waals surface area contributed by atoms with E-state index < -0.39 is 32.0 Å². The molecule has 0 saturated carbocycles. The second-order valence-electron chi connectivity index (χ2n) is 6.53. The van der Waals surface area contributed by atoms with Crippen molar-refractivity contribution in [3.8, 4) is 5.75 Å². The number of anilines is 2. The van der Waals surface area contributed by atoms with Crippen LogP contribution in [0.15, 0.2) is 52.4 Å². The Morgan fingerprint density at radius 1 is 1.20 bits per heavy atom. The summed E-state index contributed by atoms with van der Waals surface area (Å²) >= 11 is 0. The molecule has 0 bridgehead atoms. The van der Waals surface area contributed by atoms with Gasteiger partial charge in [0, 0.05) is 17.3 Å². The van der Waals surface area contributed by atoms with E-state index in [9.17, 15) is 21.6 Å². The van der Waals surface area contributed by atoms with E-state index in [0.29, 0.717) is 11.3 Å². The van der Waals surface area contributed by atoms with Crippen LogP contribution >= 0.6 is 0 Å². The van der Waals surface area contributed by atoms with Crippen molar-refractivity contribution in [3.05, 3.63) is 48.0 Å². The molecule has 3 N–H and O–H groups in total. The van der Waals surface area contributed by atoms with Gasteiger partial charge < -0.3 is 10.1 Å². The number of amides is 1. The number of benzene rings is 2. The summed E-state index contributed by atoms with van der Waals surface area (Å²) in [5.74, 6) is -0.176. The summed E-state index contributed by atoms with van der Waals surface area (Å²) in [4.78, 5) is 16.9. The van der Waals surface area contributed by atoms with Crippen molar-refractivity contribution >= 4 is 43.2 Å². The molecule has 3 rings (SSSR count). The highest BCUT2D eigenvalue weighted by Gasteiger charge is 2.31. The lowest BCUT2D eigenvalue weighted by Crippen LogP contribution is -2.28. The number of nitrogens with one attached hydrogen (secondary N) is 3. The number of methoxy groups -OCH3 is 1. The molecule has 2 aromatic carbocycles. The Labute approximate surface area is 174 Å². The lowest BCUT2D eigenvalue weighted by atomic mass is 10.2. The van der Waals surface area contributed by atoms with E-state index in [1.807, 2.05) is 0 Å². The van der Waals surface area contributed by atoms with E-state index in [1.165, 1.54) is 38.3 Å². The molecule has 0 unspecified atom stereocenters. The van der Waals surface area contributed by atoms with Crippen LogP contribution in [0, 0.1) is 0 Å². The number of carbonyl (C=O) groups excluding carboxylic acids is 1. The Hall–Kier alpha value is -3.12. The number of aliphatic imine (C=N–C) groups is 1. The number of ether oxygens (including phenoxy) is 1. The zero-order chi connectivity index (χ0) is 22.1. The number of amidine groups is 1. The van der Waals surface area contributed by atoms with Gasteiger partial charge in [0.2, 0.25) is 15.9 Å². The van der Waals surface area contributed by atoms with Gasteiger partial charge in [-0.25, -0.2) is 16.8 Å². The molecular formula is C18H20N4O6S2. The third kappa shape index (κ3) is 4.71. The van der Waals surface area contributed by atoms with Crippen molar-refractivity contribution in [2.75, 3.05) is 23.4 Å². The van der Waals surface area contributed by atoms with Crippen LogP contribution in [0.1, 0.15) is 12.5 Å². The molecule has 12 heteroatoms. The first-order valence-corrected chi connectivity index (χ1v) is 12.0. The summed E-state index contributed by atoms with van der Waals surface area (Å²) in [6.07, 6.45) is 1.01. The average molecular weight is 453 g/mol. The van der Waals surface area contributed by atoms with Crippen LogP contribution in [0.25, 0.3) is 0 Å². The predicted molar refractivity (Wildman–Crippen MR) is 113 cm³/mol. The summed E-state index contributed by atoms with van der Waals surface area (Å²) in [6.45, 7) is 1.52. The normalized spacial score (nSPS) is 17.0. The first kappa shape index (κ1) is 21.6. The second kappa shape index (κ2) is 7.95. The van der Waals surface area contributed by atoms with Crippen molar-refractivity contribution in [1.29, 1.82) is 0 Å². The Kier molecular flexibility index (Phi) is 5.72. The van der Waals surface area contributed by atoms with Crippen molar-refractivity contribution < 1.29 is 26.4 Å². The van der Waals surface area contributed by atoms with Crippen LogP contribution in [0.5, 0.6) is 5.75 Å². The minimum Gasteiger partial charge on any atom is -0.494 e. The number of carbonyl (C=O) groups is 1. The third-order valence-electron chi connectivity index (χ3n) is 4.13. The summed E-state index contributed by atoms with van der Waals surface area (Å²) in [5.41, 5.74) is 0.980. The van der Waals surface area contributed by atoms with Gasteiger partial charge in [-0.3, -0.25) is 19.2 Å². The van der Waals surface area contributed by atoms with Gasteiger partial charge in [-0.1, -0.05) is 12.1 Å². The van der Waals surface area contributed by atoms with E-state index in [-0.39, 0.29) is 22.2 Å². The van der Waals surface area contributed by atoms with Crippen molar-refractivity contribution in [2.24, 2.45) is 4.99 Å². The van der Waals surface area contributed by atoms with Gasteiger partial charge >= 0.3 is 0 Å². The maximum Gasteiger partial charge on any atom is 0.263 e. The Bertz CT molecular complexity index is 1240. The summed E-state index contributed by atoms with van der Waals surface area (Å²) in [7, 11) is -5.83. The number of sulfonamides is 2. The zero-order valence-electron chi connectivity index (χ0n) is 16.3. The molecule has 1 aliphatic rings. The maximum absolute atomic E-state index is 12.5. The van der Waals surface area contributed by atoms with Crippen LogP contribution in [-0.2, 0) is 24.8 Å². The quantitative estimate of drug-likeness (QED) is 0.600. The summed E-state index contributed by atoms with van der Waals surface area (Å²) < 4.78 is 57.0. The zero-order valence-corrected chi connectivity index (χ0v) is 18.0. The Balaban J connectivity index is 1.79. The molecule has 0 radical (unpaired) electrons. The molecule has 1 heterocycles. The minimum absolute atomic E-state index is 0.0959. The lowest BCUT2D eigenvalue weighted by Gasteiger charge is -2.13. The van der Waals surface area contributed by atoms with Crippen LogP contribution < -0.4 is 19.5 Å². The molecule has 0 fully saturated rings. The molecular weight excluding hydrogens is 432 g/mol. The molecule has 0 spiro atoms. The first-order chi connectivity index (χ1) is 14.0. The number of hydrogen-bond acceptors (Lipinski definition) is 7. The highest BCUT2D eigenvalue weighted by Crippen LogP contribution is 2.29. The number of fused-ring (bicyclic) bond motifs is 1. The summed E-state index contributed by atoms with van der Waals surface area (Å²) in [5, 5.41) is 2.64. The predicted octanol–water partition coefficient (Wildman–Crippen LogP) is 1.13. The molecule has 1 aliphatic heterocycles. The fraction of sp³-hybridized carbons (Fsp3) is 0.222. The fourth-order valence-electron chi connectivity index (χ4n) is 2.78.